The summed E-state index contributed by atoms with van der Waals surface area (Å²) in [4.78, 5) is 9.39. The number of nitrogens with zero attached hydrogens (tertiary/aromatic N) is 3. The molecule has 0 aromatic heterocycles. The van der Waals surface area contributed by atoms with E-state index >= 15 is 0 Å². The number of aryl methyl sites for hydroxylation is 2. The molecule has 4 saturated heterocycles. The fourth-order valence-corrected chi connectivity index (χ4v) is 3.90. The Kier molecular flexibility index (Phi) is 2.29. The summed E-state index contributed by atoms with van der Waals surface area (Å²) in [6.45, 7) is 10.3. The molecule has 1 aromatic carbocycles. The van der Waals surface area contributed by atoms with E-state index in [9.17, 15) is 0 Å². The third kappa shape index (κ3) is 1.53. The molecule has 1 aromatic rings. The van der Waals surface area contributed by atoms with Gasteiger partial charge in [0.1, 0.15) is 13.3 Å². The van der Waals surface area contributed by atoms with Crippen LogP contribution in [0.3, 0.4) is 0 Å². The van der Waals surface area contributed by atoms with Crippen LogP contribution in [-0.2, 0) is 0 Å². The Labute approximate surface area is 108 Å². The van der Waals surface area contributed by atoms with Gasteiger partial charge in [-0.1, -0.05) is 23.8 Å². The number of benzene rings is 1. The number of hydrogen-bond donors (Lipinski definition) is 1. The zero-order chi connectivity index (χ0) is 12.3. The van der Waals surface area contributed by atoms with E-state index < -0.39 is 0 Å². The molecule has 4 fully saturated rings. The molecule has 4 heteroatoms. The Morgan fingerprint density at radius 1 is 1.06 bits per heavy atom. The monoisotopic (exact) mass is 245 g/mol. The molecular weight excluding hydrogens is 224 g/mol. The first kappa shape index (κ1) is 10.9. The fraction of sp³-hybridized carbons (Fsp3) is 0.571. The number of rotatable bonds is 1. The van der Waals surface area contributed by atoms with Crippen LogP contribution in [0.5, 0.6) is 0 Å². The average Bonchev–Trinajstić information content (AvgIpc) is 2.30. The van der Waals surface area contributed by atoms with E-state index in [2.05, 4.69) is 46.7 Å². The largest absolute Gasteiger partial charge is 0.291 e. The summed E-state index contributed by atoms with van der Waals surface area (Å²) < 4.78 is 0. The maximum atomic E-state index is 2.61. The van der Waals surface area contributed by atoms with Gasteiger partial charge in [0.25, 0.3) is 0 Å². The van der Waals surface area contributed by atoms with Crippen molar-refractivity contribution in [2.24, 2.45) is 0 Å². The van der Waals surface area contributed by atoms with Gasteiger partial charge in [0.05, 0.1) is 20.0 Å². The minimum atomic E-state index is 0.568. The van der Waals surface area contributed by atoms with Crippen LogP contribution < -0.4 is 4.90 Å². The van der Waals surface area contributed by atoms with Crippen LogP contribution in [0.2, 0.25) is 0 Å². The molecule has 1 N–H and O–H groups in total. The van der Waals surface area contributed by atoms with Crippen molar-refractivity contribution < 1.29 is 4.90 Å². The van der Waals surface area contributed by atoms with Gasteiger partial charge in [0.2, 0.25) is 0 Å². The van der Waals surface area contributed by atoms with Crippen LogP contribution in [0.15, 0.2) is 18.2 Å². The van der Waals surface area contributed by atoms with Gasteiger partial charge in [-0.15, -0.1) is 0 Å². The standard InChI is InChI=1S/C14H20N4/c1-11-3-4-13(12(2)5-11)14-17-7-15-6-16(9-17)10-18(14)8-15/h3-5,14H,6-10H2,1-2H3/p+1. The zero-order valence-electron chi connectivity index (χ0n) is 11.2. The Balaban J connectivity index is 1.72. The molecule has 3 unspecified atom stereocenters. The molecule has 0 radical (unpaired) electrons. The zero-order valence-corrected chi connectivity index (χ0v) is 11.2. The number of quaternary nitrogens is 1. The Morgan fingerprint density at radius 3 is 2.39 bits per heavy atom. The first-order valence-corrected chi connectivity index (χ1v) is 6.81. The summed E-state index contributed by atoms with van der Waals surface area (Å²) >= 11 is 0. The van der Waals surface area contributed by atoms with Gasteiger partial charge in [-0.3, -0.25) is 4.90 Å². The van der Waals surface area contributed by atoms with Crippen LogP contribution in [-0.4, -0.2) is 48.0 Å². The molecule has 4 heterocycles. The summed E-state index contributed by atoms with van der Waals surface area (Å²) in [5.41, 5.74) is 4.34. The van der Waals surface area contributed by atoms with Gasteiger partial charge in [-0.25, -0.2) is 14.7 Å². The van der Waals surface area contributed by atoms with E-state index in [1.165, 1.54) is 36.7 Å². The minimum Gasteiger partial charge on any atom is -0.291 e. The Morgan fingerprint density at radius 2 is 1.78 bits per heavy atom. The molecule has 3 atom stereocenters. The van der Waals surface area contributed by atoms with E-state index in [1.54, 1.807) is 4.90 Å². The lowest BCUT2D eigenvalue weighted by atomic mass is 10.0. The van der Waals surface area contributed by atoms with E-state index in [0.29, 0.717) is 6.17 Å². The second-order valence-electron chi connectivity index (χ2n) is 6.09. The summed E-state index contributed by atoms with van der Waals surface area (Å²) in [6.07, 6.45) is 0.568. The van der Waals surface area contributed by atoms with Crippen molar-refractivity contribution in [1.82, 2.24) is 14.7 Å². The average molecular weight is 245 g/mol. The molecule has 0 saturated carbocycles. The smallest absolute Gasteiger partial charge is 0.174 e. The van der Waals surface area contributed by atoms with Gasteiger partial charge < -0.3 is 0 Å². The van der Waals surface area contributed by atoms with Gasteiger partial charge in [0, 0.05) is 5.56 Å². The summed E-state index contributed by atoms with van der Waals surface area (Å²) in [5.74, 6) is 0. The summed E-state index contributed by atoms with van der Waals surface area (Å²) in [6, 6.07) is 6.92. The predicted octanol–water partition coefficient (Wildman–Crippen LogP) is -0.0788. The van der Waals surface area contributed by atoms with Crippen LogP contribution in [0, 0.1) is 13.8 Å². The number of nitrogens with one attached hydrogen (secondary N) is 1. The van der Waals surface area contributed by atoms with Crippen molar-refractivity contribution in [2.45, 2.75) is 20.0 Å². The second-order valence-corrected chi connectivity index (χ2v) is 6.09. The van der Waals surface area contributed by atoms with Gasteiger partial charge in [0.15, 0.2) is 6.17 Å². The van der Waals surface area contributed by atoms with Crippen molar-refractivity contribution >= 4 is 0 Å². The molecule has 5 rings (SSSR count). The minimum absolute atomic E-state index is 0.568. The number of hydrogen-bond acceptors (Lipinski definition) is 3. The van der Waals surface area contributed by atoms with E-state index in [0.717, 1.165) is 13.3 Å². The first-order chi connectivity index (χ1) is 8.70. The van der Waals surface area contributed by atoms with Crippen LogP contribution in [0.4, 0.5) is 0 Å². The van der Waals surface area contributed by atoms with Gasteiger partial charge >= 0.3 is 0 Å². The topological polar surface area (TPSA) is 14.2 Å². The SMILES string of the molecule is Cc1ccc(C2N3CN4CN(C3)C[NH+]2C4)c(C)c1. The lowest BCUT2D eigenvalue weighted by molar-refractivity contribution is -0.990. The van der Waals surface area contributed by atoms with Crippen molar-refractivity contribution in [3.63, 3.8) is 0 Å². The maximum absolute atomic E-state index is 2.61. The fourth-order valence-electron chi connectivity index (χ4n) is 3.90. The second kappa shape index (κ2) is 3.78. The predicted molar refractivity (Wildman–Crippen MR) is 69.5 cm³/mol. The van der Waals surface area contributed by atoms with E-state index in [4.69, 9.17) is 0 Å². The van der Waals surface area contributed by atoms with Crippen LogP contribution >= 0.6 is 0 Å². The molecule has 4 nitrogen and oxygen atoms in total. The quantitative estimate of drug-likeness (QED) is 0.744. The molecule has 4 aliphatic heterocycles. The summed E-state index contributed by atoms with van der Waals surface area (Å²) in [7, 11) is 0. The highest BCUT2D eigenvalue weighted by molar-refractivity contribution is 5.32. The first-order valence-electron chi connectivity index (χ1n) is 6.81. The normalized spacial score (nSPS) is 41.3. The van der Waals surface area contributed by atoms with Crippen molar-refractivity contribution in [3.05, 3.63) is 34.9 Å². The van der Waals surface area contributed by atoms with Crippen molar-refractivity contribution in [3.8, 4) is 0 Å². The molecular formula is C14H21N4+. The highest BCUT2D eigenvalue weighted by atomic mass is 15.7. The third-order valence-electron chi connectivity index (χ3n) is 4.49. The van der Waals surface area contributed by atoms with Crippen molar-refractivity contribution in [2.75, 3.05) is 33.3 Å². The van der Waals surface area contributed by atoms with E-state index in [-0.39, 0.29) is 0 Å². The molecule has 4 aliphatic rings. The van der Waals surface area contributed by atoms with Crippen molar-refractivity contribution in [1.29, 1.82) is 0 Å². The Hall–Kier alpha value is -0.940. The molecule has 96 valence electrons. The molecule has 0 aliphatic carbocycles. The molecule has 4 bridgehead atoms. The Bertz CT molecular complexity index is 457. The molecule has 0 spiro atoms. The third-order valence-corrected chi connectivity index (χ3v) is 4.49. The van der Waals surface area contributed by atoms with E-state index in [1.807, 2.05) is 0 Å². The highest BCUT2D eigenvalue weighted by Gasteiger charge is 2.47. The van der Waals surface area contributed by atoms with Gasteiger partial charge in [-0.05, 0) is 19.4 Å². The summed E-state index contributed by atoms with van der Waals surface area (Å²) in [5, 5.41) is 0. The van der Waals surface area contributed by atoms with Crippen LogP contribution in [0.1, 0.15) is 22.9 Å². The van der Waals surface area contributed by atoms with Crippen LogP contribution in [0.25, 0.3) is 0 Å². The highest BCUT2D eigenvalue weighted by Crippen LogP contribution is 2.27. The molecule has 18 heavy (non-hydrogen) atoms. The van der Waals surface area contributed by atoms with Gasteiger partial charge in [-0.2, -0.15) is 0 Å². The lowest BCUT2D eigenvalue weighted by Gasteiger charge is -2.57. The molecule has 0 amide bonds. The maximum Gasteiger partial charge on any atom is 0.174 e. The lowest BCUT2D eigenvalue weighted by Crippen LogP contribution is -3.22.